The van der Waals surface area contributed by atoms with Crippen molar-refractivity contribution in [1.29, 1.82) is 0 Å². The predicted octanol–water partition coefficient (Wildman–Crippen LogP) is 6.16. The maximum atomic E-state index is 13.6. The maximum absolute atomic E-state index is 13.6. The molecule has 2 aliphatic carbocycles. The van der Waals surface area contributed by atoms with Gasteiger partial charge in [0.05, 0.1) is 17.5 Å². The average molecular weight is 693 g/mol. The lowest BCUT2D eigenvalue weighted by molar-refractivity contribution is -0.0874. The smallest absolute Gasteiger partial charge is 0.264 e. The van der Waals surface area contributed by atoms with Gasteiger partial charge in [-0.3, -0.25) is 4.79 Å². The van der Waals surface area contributed by atoms with Gasteiger partial charge in [0, 0.05) is 61.6 Å². The van der Waals surface area contributed by atoms with Crippen LogP contribution in [-0.4, -0.2) is 55.9 Å². The van der Waals surface area contributed by atoms with Gasteiger partial charge >= 0.3 is 0 Å². The summed E-state index contributed by atoms with van der Waals surface area (Å²) in [6.45, 7) is 5.45. The van der Waals surface area contributed by atoms with Gasteiger partial charge in [-0.2, -0.15) is 0 Å². The molecular formula is C37H45ClN4O5S. The van der Waals surface area contributed by atoms with Crippen molar-refractivity contribution in [1.82, 2.24) is 14.3 Å². The highest BCUT2D eigenvalue weighted by Crippen LogP contribution is 2.51. The summed E-state index contributed by atoms with van der Waals surface area (Å²) >= 11 is 6.46. The predicted molar refractivity (Wildman–Crippen MR) is 187 cm³/mol. The number of allylic oxidation sites excluding steroid dienone is 1. The van der Waals surface area contributed by atoms with Crippen LogP contribution >= 0.6 is 11.6 Å². The number of rotatable bonds is 2. The van der Waals surface area contributed by atoms with Crippen LogP contribution in [0.15, 0.2) is 60.9 Å². The van der Waals surface area contributed by atoms with Crippen LogP contribution in [0.4, 0.5) is 5.69 Å². The van der Waals surface area contributed by atoms with Crippen LogP contribution in [-0.2, 0) is 39.2 Å². The molecule has 0 radical (unpaired) electrons. The third-order valence-corrected chi connectivity index (χ3v) is 13.8. The molecule has 6 atom stereocenters. The molecule has 256 valence electrons. The third kappa shape index (κ3) is 5.63. The van der Waals surface area contributed by atoms with Crippen LogP contribution in [0, 0.1) is 17.8 Å². The van der Waals surface area contributed by atoms with Crippen molar-refractivity contribution >= 4 is 33.2 Å². The molecule has 2 aliphatic heterocycles. The SMILES string of the molecule is CO[C@@]1(c2nccn2C)/C=C\C[C@H](C)[C@@H](C)S(=O)(=O)NC(=O)c2ccc3c(c2)N(C[C@@H]2CC[C@H]21)C[C@@]1(CCCc2cc(Cl)ccc21)CO3. The Morgan fingerprint density at radius 1 is 1.15 bits per heavy atom. The molecule has 11 heteroatoms. The van der Waals surface area contributed by atoms with Gasteiger partial charge in [0.25, 0.3) is 5.91 Å². The van der Waals surface area contributed by atoms with Crippen molar-refractivity contribution in [3.63, 3.8) is 0 Å². The lowest BCUT2D eigenvalue weighted by Gasteiger charge is -2.50. The number of sulfonamides is 1. The Hall–Kier alpha value is -3.34. The second-order valence-electron chi connectivity index (χ2n) is 14.4. The van der Waals surface area contributed by atoms with Gasteiger partial charge in [0.15, 0.2) is 0 Å². The van der Waals surface area contributed by atoms with Gasteiger partial charge in [-0.15, -0.1) is 0 Å². The first-order valence-corrected chi connectivity index (χ1v) is 19.0. The van der Waals surface area contributed by atoms with Crippen LogP contribution in [0.25, 0.3) is 0 Å². The minimum Gasteiger partial charge on any atom is -0.490 e. The Balaban J connectivity index is 1.36. The van der Waals surface area contributed by atoms with E-state index in [-0.39, 0.29) is 28.7 Å². The van der Waals surface area contributed by atoms with E-state index in [1.807, 2.05) is 42.9 Å². The zero-order valence-corrected chi connectivity index (χ0v) is 29.7. The number of carbonyl (C=O) groups is 1. The standard InChI is InChI=1S/C37H45ClN4O5S/c1-24-7-5-16-37(46-4,35-39-17-18-41(35)3)31-12-9-28(31)21-42-22-36(15-6-8-26-19-29(38)11-13-30(26)36)23-47-33-14-10-27(20-32(33)42)34(43)40-48(44,45)25(24)2/h5,10-11,13-14,16-20,24-25,28,31H,6-9,12,15,21-23H2,1-4H3,(H,40,43)/b16-5-/t24-,25+,28-,31+,36-,37-/m0/s1. The third-order valence-electron chi connectivity index (χ3n) is 11.6. The molecule has 1 spiro atoms. The first-order valence-electron chi connectivity index (χ1n) is 17.0. The molecule has 0 unspecified atom stereocenters. The Morgan fingerprint density at radius 2 is 1.98 bits per heavy atom. The molecule has 7 rings (SSSR count). The second kappa shape index (κ2) is 12.5. The summed E-state index contributed by atoms with van der Waals surface area (Å²) < 4.78 is 44.5. The summed E-state index contributed by atoms with van der Waals surface area (Å²) in [4.78, 5) is 20.7. The second-order valence-corrected chi connectivity index (χ2v) is 16.9. The van der Waals surface area contributed by atoms with Gasteiger partial charge in [-0.1, -0.05) is 30.7 Å². The summed E-state index contributed by atoms with van der Waals surface area (Å²) in [5.74, 6) is 1.00. The fourth-order valence-corrected chi connectivity index (χ4v) is 10.0. The molecule has 4 aliphatic rings. The number of benzene rings is 2. The minimum atomic E-state index is -3.97. The molecule has 1 aromatic heterocycles. The summed E-state index contributed by atoms with van der Waals surface area (Å²) in [7, 11) is -0.227. The summed E-state index contributed by atoms with van der Waals surface area (Å²) in [6, 6.07) is 11.5. The molecule has 1 saturated carbocycles. The molecule has 1 amide bonds. The van der Waals surface area contributed by atoms with Gasteiger partial charge in [0.2, 0.25) is 10.0 Å². The van der Waals surface area contributed by atoms with E-state index in [4.69, 9.17) is 26.1 Å². The van der Waals surface area contributed by atoms with Gasteiger partial charge in [-0.25, -0.2) is 18.1 Å². The number of ether oxygens (including phenoxy) is 2. The molecule has 1 fully saturated rings. The fourth-order valence-electron chi connectivity index (χ4n) is 8.54. The Morgan fingerprint density at radius 3 is 2.71 bits per heavy atom. The number of fused-ring (bicyclic) bond motifs is 4. The fraction of sp³-hybridized carbons (Fsp3) is 0.514. The van der Waals surface area contributed by atoms with E-state index in [2.05, 4.69) is 27.8 Å². The van der Waals surface area contributed by atoms with Crippen molar-refractivity contribution in [2.24, 2.45) is 24.8 Å². The number of imidazole rings is 1. The summed E-state index contributed by atoms with van der Waals surface area (Å²) in [5.41, 5.74) is 2.52. The van der Waals surface area contributed by atoms with Crippen LogP contribution in [0.5, 0.6) is 5.75 Å². The number of hydrogen-bond acceptors (Lipinski definition) is 7. The van der Waals surface area contributed by atoms with E-state index < -0.39 is 26.8 Å². The van der Waals surface area contributed by atoms with Crippen LogP contribution < -0.4 is 14.4 Å². The Bertz CT molecular complexity index is 1860. The zero-order valence-electron chi connectivity index (χ0n) is 28.1. The highest BCUT2D eigenvalue weighted by atomic mass is 35.5. The number of nitrogens with one attached hydrogen (secondary N) is 1. The Labute approximate surface area is 288 Å². The average Bonchev–Trinajstić information content (AvgIpc) is 3.42. The largest absolute Gasteiger partial charge is 0.490 e. The summed E-state index contributed by atoms with van der Waals surface area (Å²) in [6.07, 6.45) is 13.3. The molecule has 1 N–H and O–H groups in total. The van der Waals surface area contributed by atoms with Gasteiger partial charge in [-0.05, 0) is 105 Å². The first kappa shape index (κ1) is 33.2. The number of amides is 1. The van der Waals surface area contributed by atoms with Crippen molar-refractivity contribution in [3.05, 3.63) is 88.5 Å². The number of nitrogens with zero attached hydrogens (tertiary/aromatic N) is 3. The van der Waals surface area contributed by atoms with Gasteiger partial charge < -0.3 is 18.9 Å². The lowest BCUT2D eigenvalue weighted by Crippen LogP contribution is -2.52. The zero-order chi connectivity index (χ0) is 33.8. The lowest BCUT2D eigenvalue weighted by atomic mass is 9.63. The van der Waals surface area contributed by atoms with E-state index in [9.17, 15) is 13.2 Å². The molecule has 3 aromatic rings. The topological polar surface area (TPSA) is 103 Å². The van der Waals surface area contributed by atoms with Crippen LogP contribution in [0.2, 0.25) is 5.02 Å². The van der Waals surface area contributed by atoms with Gasteiger partial charge in [0.1, 0.15) is 17.2 Å². The van der Waals surface area contributed by atoms with E-state index in [1.54, 1.807) is 32.4 Å². The minimum absolute atomic E-state index is 0.122. The van der Waals surface area contributed by atoms with E-state index >= 15 is 0 Å². The number of aryl methyl sites for hydroxylation is 2. The number of anilines is 1. The van der Waals surface area contributed by atoms with Crippen molar-refractivity contribution < 1.29 is 22.7 Å². The monoisotopic (exact) mass is 692 g/mol. The molecule has 2 aromatic carbocycles. The van der Waals surface area contributed by atoms with E-state index in [0.717, 1.165) is 48.6 Å². The van der Waals surface area contributed by atoms with Crippen molar-refractivity contribution in [2.45, 2.75) is 68.6 Å². The molecule has 9 nitrogen and oxygen atoms in total. The van der Waals surface area contributed by atoms with E-state index in [0.29, 0.717) is 31.9 Å². The van der Waals surface area contributed by atoms with Crippen molar-refractivity contribution in [3.8, 4) is 5.75 Å². The maximum Gasteiger partial charge on any atom is 0.264 e. The number of methoxy groups -OCH3 is 1. The molecule has 3 heterocycles. The summed E-state index contributed by atoms with van der Waals surface area (Å²) in [5, 5.41) is -0.0699. The highest BCUT2D eigenvalue weighted by Gasteiger charge is 2.51. The van der Waals surface area contributed by atoms with Crippen molar-refractivity contribution in [2.75, 3.05) is 31.7 Å². The number of aromatic nitrogens is 2. The van der Waals surface area contributed by atoms with Crippen LogP contribution in [0.3, 0.4) is 0 Å². The number of halogens is 1. The normalized spacial score (nSPS) is 32.2. The quantitative estimate of drug-likeness (QED) is 0.321. The number of carbonyl (C=O) groups excluding carboxylic acids is 1. The number of hydrogen-bond donors (Lipinski definition) is 1. The molecule has 48 heavy (non-hydrogen) atoms. The Kier molecular flexibility index (Phi) is 8.65. The molecule has 2 bridgehead atoms. The van der Waals surface area contributed by atoms with E-state index in [1.165, 1.54) is 11.1 Å². The highest BCUT2D eigenvalue weighted by molar-refractivity contribution is 7.90. The van der Waals surface area contributed by atoms with Crippen LogP contribution in [0.1, 0.15) is 73.3 Å². The first-order chi connectivity index (χ1) is 23.0. The molecular weight excluding hydrogens is 648 g/mol. The molecule has 0 saturated heterocycles.